The second-order valence-corrected chi connectivity index (χ2v) is 6.47. The first-order chi connectivity index (χ1) is 11.8. The van der Waals surface area contributed by atoms with Gasteiger partial charge < -0.3 is 4.98 Å². The van der Waals surface area contributed by atoms with E-state index in [-0.39, 0.29) is 0 Å². The zero-order chi connectivity index (χ0) is 16.4. The lowest BCUT2D eigenvalue weighted by atomic mass is 10.1. The monoisotopic (exact) mass is 374 g/mol. The molecule has 0 fully saturated rings. The molecule has 1 heterocycles. The number of rotatable bonds is 3. The Morgan fingerprint density at radius 1 is 0.667 bits per heavy atom. The number of aromatic nitrogens is 2. The van der Waals surface area contributed by atoms with Crippen LogP contribution in [0.2, 0.25) is 0 Å². The molecule has 0 aliphatic heterocycles. The SMILES string of the molecule is Brc1cccc(-c2nc(-c3ccccc3)c(-c3ccccc3)[nH]2)c1. The molecule has 0 radical (unpaired) electrons. The summed E-state index contributed by atoms with van der Waals surface area (Å²) in [4.78, 5) is 8.40. The molecule has 0 unspecified atom stereocenters. The molecule has 4 rings (SSSR count). The second kappa shape index (κ2) is 6.46. The molecule has 0 aliphatic rings. The summed E-state index contributed by atoms with van der Waals surface area (Å²) in [5.41, 5.74) is 5.30. The van der Waals surface area contributed by atoms with Crippen molar-refractivity contribution in [3.05, 3.63) is 89.4 Å². The van der Waals surface area contributed by atoms with Gasteiger partial charge in [0.2, 0.25) is 0 Å². The molecule has 4 aromatic rings. The Hall–Kier alpha value is -2.65. The molecule has 0 atom stereocenters. The number of aromatic amines is 1. The summed E-state index contributed by atoms with van der Waals surface area (Å²) in [7, 11) is 0. The molecular weight excluding hydrogens is 360 g/mol. The third-order valence-corrected chi connectivity index (χ3v) is 4.40. The first-order valence-corrected chi connectivity index (χ1v) is 8.57. The van der Waals surface area contributed by atoms with E-state index in [1.807, 2.05) is 48.5 Å². The molecule has 1 N–H and O–H groups in total. The number of benzene rings is 3. The Morgan fingerprint density at radius 2 is 1.29 bits per heavy atom. The Bertz CT molecular complexity index is 903. The average Bonchev–Trinajstić information content (AvgIpc) is 3.09. The normalized spacial score (nSPS) is 10.7. The summed E-state index contributed by atoms with van der Waals surface area (Å²) in [6.07, 6.45) is 0. The predicted octanol–water partition coefficient (Wildman–Crippen LogP) is 6.17. The van der Waals surface area contributed by atoms with Crippen molar-refractivity contribution < 1.29 is 0 Å². The number of nitrogens with zero attached hydrogens (tertiary/aromatic N) is 1. The van der Waals surface area contributed by atoms with Crippen molar-refractivity contribution in [3.63, 3.8) is 0 Å². The fraction of sp³-hybridized carbons (Fsp3) is 0. The predicted molar refractivity (Wildman–Crippen MR) is 103 cm³/mol. The zero-order valence-electron chi connectivity index (χ0n) is 12.9. The van der Waals surface area contributed by atoms with E-state index in [1.165, 1.54) is 0 Å². The van der Waals surface area contributed by atoms with Gasteiger partial charge in [-0.1, -0.05) is 88.7 Å². The highest BCUT2D eigenvalue weighted by atomic mass is 79.9. The van der Waals surface area contributed by atoms with Gasteiger partial charge in [-0.15, -0.1) is 0 Å². The Balaban J connectivity index is 1.91. The molecule has 0 aliphatic carbocycles. The molecule has 0 amide bonds. The molecule has 0 saturated heterocycles. The van der Waals surface area contributed by atoms with Crippen LogP contribution in [0.1, 0.15) is 0 Å². The third-order valence-electron chi connectivity index (χ3n) is 3.91. The van der Waals surface area contributed by atoms with Gasteiger partial charge in [0.1, 0.15) is 5.82 Å². The lowest BCUT2D eigenvalue weighted by Gasteiger charge is -2.02. The number of imidazole rings is 1. The van der Waals surface area contributed by atoms with E-state index in [1.54, 1.807) is 0 Å². The van der Waals surface area contributed by atoms with Crippen molar-refractivity contribution in [1.82, 2.24) is 9.97 Å². The molecule has 24 heavy (non-hydrogen) atoms. The topological polar surface area (TPSA) is 28.7 Å². The van der Waals surface area contributed by atoms with Gasteiger partial charge in [-0.25, -0.2) is 4.98 Å². The number of halogens is 1. The number of nitrogens with one attached hydrogen (secondary N) is 1. The highest BCUT2D eigenvalue weighted by Gasteiger charge is 2.14. The van der Waals surface area contributed by atoms with Crippen molar-refractivity contribution in [2.75, 3.05) is 0 Å². The van der Waals surface area contributed by atoms with Crippen LogP contribution in [0.25, 0.3) is 33.9 Å². The lowest BCUT2D eigenvalue weighted by Crippen LogP contribution is -1.82. The maximum absolute atomic E-state index is 4.89. The zero-order valence-corrected chi connectivity index (χ0v) is 14.5. The average molecular weight is 375 g/mol. The lowest BCUT2D eigenvalue weighted by molar-refractivity contribution is 1.31. The van der Waals surface area contributed by atoms with E-state index in [0.717, 1.165) is 38.4 Å². The van der Waals surface area contributed by atoms with E-state index in [0.29, 0.717) is 0 Å². The Kier molecular flexibility index (Phi) is 4.01. The van der Waals surface area contributed by atoms with Gasteiger partial charge in [-0.05, 0) is 12.1 Å². The van der Waals surface area contributed by atoms with Crippen LogP contribution in [0, 0.1) is 0 Å². The maximum atomic E-state index is 4.89. The molecule has 0 saturated carbocycles. The van der Waals surface area contributed by atoms with Crippen molar-refractivity contribution in [2.24, 2.45) is 0 Å². The van der Waals surface area contributed by atoms with Crippen LogP contribution < -0.4 is 0 Å². The summed E-state index contributed by atoms with van der Waals surface area (Å²) in [6.45, 7) is 0. The van der Waals surface area contributed by atoms with Crippen molar-refractivity contribution in [1.29, 1.82) is 0 Å². The van der Waals surface area contributed by atoms with Crippen LogP contribution >= 0.6 is 15.9 Å². The van der Waals surface area contributed by atoms with Crippen molar-refractivity contribution in [2.45, 2.75) is 0 Å². The molecule has 2 nitrogen and oxygen atoms in total. The van der Waals surface area contributed by atoms with Crippen molar-refractivity contribution >= 4 is 15.9 Å². The largest absolute Gasteiger partial charge is 0.337 e. The Labute approximate surface area is 149 Å². The van der Waals surface area contributed by atoms with Crippen LogP contribution in [0.3, 0.4) is 0 Å². The molecule has 3 heteroatoms. The second-order valence-electron chi connectivity index (χ2n) is 5.55. The van der Waals surface area contributed by atoms with E-state index in [9.17, 15) is 0 Å². The van der Waals surface area contributed by atoms with Crippen LogP contribution in [0.15, 0.2) is 89.4 Å². The van der Waals surface area contributed by atoms with Crippen LogP contribution in [-0.4, -0.2) is 9.97 Å². The van der Waals surface area contributed by atoms with E-state index >= 15 is 0 Å². The van der Waals surface area contributed by atoms with Gasteiger partial charge in [-0.2, -0.15) is 0 Å². The van der Waals surface area contributed by atoms with Crippen LogP contribution in [0.4, 0.5) is 0 Å². The summed E-state index contributed by atoms with van der Waals surface area (Å²) in [6, 6.07) is 28.8. The van der Waals surface area contributed by atoms with E-state index in [2.05, 4.69) is 57.3 Å². The molecule has 3 aromatic carbocycles. The quantitative estimate of drug-likeness (QED) is 0.456. The van der Waals surface area contributed by atoms with Crippen molar-refractivity contribution in [3.8, 4) is 33.9 Å². The first-order valence-electron chi connectivity index (χ1n) is 7.78. The smallest absolute Gasteiger partial charge is 0.138 e. The van der Waals surface area contributed by atoms with Gasteiger partial charge in [0.25, 0.3) is 0 Å². The molecular formula is C21H15BrN2. The number of H-pyrrole nitrogens is 1. The minimum Gasteiger partial charge on any atom is -0.337 e. The highest BCUT2D eigenvalue weighted by Crippen LogP contribution is 2.33. The van der Waals surface area contributed by atoms with Crippen LogP contribution in [0.5, 0.6) is 0 Å². The summed E-state index contributed by atoms with van der Waals surface area (Å²) in [5.74, 6) is 0.869. The number of hydrogen-bond donors (Lipinski definition) is 1. The third kappa shape index (κ3) is 2.91. The summed E-state index contributed by atoms with van der Waals surface area (Å²) < 4.78 is 1.04. The van der Waals surface area contributed by atoms with E-state index in [4.69, 9.17) is 4.98 Å². The highest BCUT2D eigenvalue weighted by molar-refractivity contribution is 9.10. The fourth-order valence-corrected chi connectivity index (χ4v) is 3.16. The number of hydrogen-bond acceptors (Lipinski definition) is 1. The van der Waals surface area contributed by atoms with Gasteiger partial charge in [0, 0.05) is 21.2 Å². The summed E-state index contributed by atoms with van der Waals surface area (Å²) in [5, 5.41) is 0. The molecule has 1 aromatic heterocycles. The standard InChI is InChI=1S/C21H15BrN2/c22-18-13-7-12-17(14-18)21-23-19(15-8-3-1-4-9-15)20(24-21)16-10-5-2-6-11-16/h1-14H,(H,23,24). The molecule has 0 spiro atoms. The maximum Gasteiger partial charge on any atom is 0.138 e. The van der Waals surface area contributed by atoms with Gasteiger partial charge >= 0.3 is 0 Å². The Morgan fingerprint density at radius 3 is 1.96 bits per heavy atom. The minimum absolute atomic E-state index is 0.869. The van der Waals surface area contributed by atoms with Gasteiger partial charge in [0.05, 0.1) is 11.4 Å². The van der Waals surface area contributed by atoms with Crippen LogP contribution in [-0.2, 0) is 0 Å². The molecule has 0 bridgehead atoms. The van der Waals surface area contributed by atoms with Gasteiger partial charge in [0.15, 0.2) is 0 Å². The minimum atomic E-state index is 0.869. The van der Waals surface area contributed by atoms with Gasteiger partial charge in [-0.3, -0.25) is 0 Å². The summed E-state index contributed by atoms with van der Waals surface area (Å²) >= 11 is 3.53. The fourth-order valence-electron chi connectivity index (χ4n) is 2.76. The van der Waals surface area contributed by atoms with E-state index < -0.39 is 0 Å². The first kappa shape index (κ1) is 14.9. The molecule has 116 valence electrons.